The molecule has 58 valence electrons. The van der Waals surface area contributed by atoms with E-state index in [1.165, 1.54) is 5.75 Å². The van der Waals surface area contributed by atoms with Crippen molar-refractivity contribution in [1.82, 2.24) is 0 Å². The Morgan fingerprint density at radius 1 is 1.50 bits per heavy atom. The normalized spacial score (nSPS) is 21.5. The van der Waals surface area contributed by atoms with Crippen molar-refractivity contribution in [2.45, 2.75) is 25.7 Å². The zero-order valence-electron chi connectivity index (χ0n) is 6.43. The van der Waals surface area contributed by atoms with Crippen LogP contribution >= 0.6 is 11.8 Å². The number of carbonyl (C=O) groups is 1. The summed E-state index contributed by atoms with van der Waals surface area (Å²) in [5, 5.41) is 0. The van der Waals surface area contributed by atoms with E-state index in [9.17, 15) is 4.79 Å². The molecule has 0 aromatic carbocycles. The fourth-order valence-corrected chi connectivity index (χ4v) is 2.21. The van der Waals surface area contributed by atoms with Crippen LogP contribution in [0.4, 0.5) is 0 Å². The van der Waals surface area contributed by atoms with Crippen molar-refractivity contribution in [2.75, 3.05) is 12.0 Å². The maximum Gasteiger partial charge on any atom is 0.132 e. The van der Waals surface area contributed by atoms with E-state index in [2.05, 4.69) is 6.26 Å². The summed E-state index contributed by atoms with van der Waals surface area (Å²) < 4.78 is 0. The maximum absolute atomic E-state index is 10.8. The minimum absolute atomic E-state index is 0.470. The summed E-state index contributed by atoms with van der Waals surface area (Å²) in [5.74, 6) is 2.54. The first-order chi connectivity index (χ1) is 4.83. The monoisotopic (exact) mass is 158 g/mol. The molecule has 2 heteroatoms. The van der Waals surface area contributed by atoms with Crippen LogP contribution in [0.25, 0.3) is 0 Å². The number of rotatable bonds is 2. The fourth-order valence-electron chi connectivity index (χ4n) is 1.40. The van der Waals surface area contributed by atoms with Gasteiger partial charge in [0, 0.05) is 12.8 Å². The molecule has 1 saturated carbocycles. The van der Waals surface area contributed by atoms with Gasteiger partial charge in [0.25, 0.3) is 0 Å². The zero-order chi connectivity index (χ0) is 7.40. The molecule has 1 nitrogen and oxygen atoms in total. The molecule has 1 fully saturated rings. The van der Waals surface area contributed by atoms with Crippen LogP contribution in [0.1, 0.15) is 25.7 Å². The molecule has 0 amide bonds. The van der Waals surface area contributed by atoms with Crippen LogP contribution in [0.5, 0.6) is 0 Å². The largest absolute Gasteiger partial charge is 0.300 e. The van der Waals surface area contributed by atoms with Crippen molar-refractivity contribution in [1.29, 1.82) is 0 Å². The Labute approximate surface area is 66.6 Å². The van der Waals surface area contributed by atoms with Crippen LogP contribution in [0.3, 0.4) is 0 Å². The third-order valence-corrected chi connectivity index (χ3v) is 2.87. The predicted molar refractivity (Wildman–Crippen MR) is 45.3 cm³/mol. The molecular formula is C8H14OS. The molecule has 10 heavy (non-hydrogen) atoms. The number of thioether (sulfide) groups is 1. The van der Waals surface area contributed by atoms with Crippen molar-refractivity contribution in [3.63, 3.8) is 0 Å². The van der Waals surface area contributed by atoms with Crippen LogP contribution in [-0.4, -0.2) is 17.8 Å². The van der Waals surface area contributed by atoms with Crippen LogP contribution < -0.4 is 0 Å². The maximum atomic E-state index is 10.8. The third-order valence-electron chi connectivity index (χ3n) is 2.07. The molecule has 1 rings (SSSR count). The highest BCUT2D eigenvalue weighted by Gasteiger charge is 2.17. The molecule has 0 aliphatic heterocycles. The first-order valence-corrected chi connectivity index (χ1v) is 5.23. The first kappa shape index (κ1) is 8.12. The van der Waals surface area contributed by atoms with Gasteiger partial charge in [-0.1, -0.05) is 0 Å². The molecule has 0 saturated heterocycles. The van der Waals surface area contributed by atoms with Crippen LogP contribution in [-0.2, 0) is 4.79 Å². The van der Waals surface area contributed by atoms with Crippen LogP contribution in [0.15, 0.2) is 0 Å². The standard InChI is InChI=1S/C8H14OS/c1-10-6-7-2-4-8(9)5-3-7/h7H,2-6H2,1H3. The summed E-state index contributed by atoms with van der Waals surface area (Å²) in [6.45, 7) is 0. The third kappa shape index (κ3) is 2.33. The Hall–Kier alpha value is 0.0200. The highest BCUT2D eigenvalue weighted by molar-refractivity contribution is 7.98. The summed E-state index contributed by atoms with van der Waals surface area (Å²) in [7, 11) is 0. The Bertz CT molecular complexity index is 112. The lowest BCUT2D eigenvalue weighted by molar-refractivity contribution is -0.120. The molecule has 0 aromatic rings. The summed E-state index contributed by atoms with van der Waals surface area (Å²) in [4.78, 5) is 10.8. The van der Waals surface area contributed by atoms with Crippen LogP contribution in [0, 0.1) is 5.92 Å². The summed E-state index contributed by atoms with van der Waals surface area (Å²) in [6, 6.07) is 0. The number of hydrogen-bond acceptors (Lipinski definition) is 2. The molecule has 1 aliphatic carbocycles. The minimum Gasteiger partial charge on any atom is -0.300 e. The van der Waals surface area contributed by atoms with Gasteiger partial charge in [0.1, 0.15) is 5.78 Å². The lowest BCUT2D eigenvalue weighted by Gasteiger charge is -2.19. The van der Waals surface area contributed by atoms with Crippen molar-refractivity contribution in [3.8, 4) is 0 Å². The highest BCUT2D eigenvalue weighted by Crippen LogP contribution is 2.23. The van der Waals surface area contributed by atoms with Gasteiger partial charge in [-0.05, 0) is 30.8 Å². The summed E-state index contributed by atoms with van der Waals surface area (Å²) >= 11 is 1.90. The van der Waals surface area contributed by atoms with Gasteiger partial charge in [-0.3, -0.25) is 4.79 Å². The summed E-state index contributed by atoms with van der Waals surface area (Å²) in [5.41, 5.74) is 0. The average Bonchev–Trinajstić information content (AvgIpc) is 1.95. The van der Waals surface area contributed by atoms with Gasteiger partial charge in [-0.15, -0.1) is 0 Å². The fraction of sp³-hybridized carbons (Fsp3) is 0.875. The first-order valence-electron chi connectivity index (χ1n) is 3.83. The van der Waals surface area contributed by atoms with Gasteiger partial charge in [0.05, 0.1) is 0 Å². The smallest absolute Gasteiger partial charge is 0.132 e. The molecule has 0 bridgehead atoms. The van der Waals surface area contributed by atoms with E-state index in [1.807, 2.05) is 11.8 Å². The molecule has 0 unspecified atom stereocenters. The van der Waals surface area contributed by atoms with E-state index in [0.717, 1.165) is 31.6 Å². The van der Waals surface area contributed by atoms with Gasteiger partial charge in [-0.25, -0.2) is 0 Å². The molecule has 0 aromatic heterocycles. The molecule has 0 heterocycles. The lowest BCUT2D eigenvalue weighted by atomic mass is 9.90. The van der Waals surface area contributed by atoms with Crippen molar-refractivity contribution in [3.05, 3.63) is 0 Å². The van der Waals surface area contributed by atoms with Crippen molar-refractivity contribution in [2.24, 2.45) is 5.92 Å². The van der Waals surface area contributed by atoms with Crippen molar-refractivity contribution >= 4 is 17.5 Å². The van der Waals surface area contributed by atoms with E-state index < -0.39 is 0 Å². The summed E-state index contributed by atoms with van der Waals surface area (Å²) in [6.07, 6.45) is 6.09. The zero-order valence-corrected chi connectivity index (χ0v) is 7.25. The molecule has 0 atom stereocenters. The van der Waals surface area contributed by atoms with E-state index in [4.69, 9.17) is 0 Å². The topological polar surface area (TPSA) is 17.1 Å². The second kappa shape index (κ2) is 4.02. The molecule has 0 N–H and O–H groups in total. The molecule has 0 spiro atoms. The Balaban J connectivity index is 2.19. The number of hydrogen-bond donors (Lipinski definition) is 0. The Kier molecular flexibility index (Phi) is 3.26. The average molecular weight is 158 g/mol. The molecular weight excluding hydrogens is 144 g/mol. The Morgan fingerprint density at radius 3 is 2.60 bits per heavy atom. The van der Waals surface area contributed by atoms with E-state index >= 15 is 0 Å². The van der Waals surface area contributed by atoms with E-state index in [1.54, 1.807) is 0 Å². The lowest BCUT2D eigenvalue weighted by Crippen LogP contribution is -2.15. The predicted octanol–water partition coefficient (Wildman–Crippen LogP) is 2.11. The minimum atomic E-state index is 0.470. The van der Waals surface area contributed by atoms with E-state index in [-0.39, 0.29) is 0 Å². The van der Waals surface area contributed by atoms with Gasteiger partial charge < -0.3 is 0 Å². The van der Waals surface area contributed by atoms with Gasteiger partial charge >= 0.3 is 0 Å². The highest BCUT2D eigenvalue weighted by atomic mass is 32.2. The number of Topliss-reactive ketones (excluding diaryl/α,β-unsaturated/α-hetero) is 1. The van der Waals surface area contributed by atoms with Gasteiger partial charge in [0.15, 0.2) is 0 Å². The molecule has 0 radical (unpaired) electrons. The number of ketones is 1. The van der Waals surface area contributed by atoms with Crippen molar-refractivity contribution < 1.29 is 4.79 Å². The van der Waals surface area contributed by atoms with E-state index in [0.29, 0.717) is 5.78 Å². The molecule has 1 aliphatic rings. The second-order valence-corrected chi connectivity index (χ2v) is 3.85. The van der Waals surface area contributed by atoms with Gasteiger partial charge in [0.2, 0.25) is 0 Å². The SMILES string of the molecule is CSCC1CCC(=O)CC1. The second-order valence-electron chi connectivity index (χ2n) is 2.94. The van der Waals surface area contributed by atoms with Gasteiger partial charge in [-0.2, -0.15) is 11.8 Å². The van der Waals surface area contributed by atoms with Crippen LogP contribution in [0.2, 0.25) is 0 Å². The quantitative estimate of drug-likeness (QED) is 0.612. The number of carbonyl (C=O) groups excluding carboxylic acids is 1. The Morgan fingerprint density at radius 2 is 2.10 bits per heavy atom.